The second-order valence-electron chi connectivity index (χ2n) is 5.21. The molecule has 1 fully saturated rings. The molecule has 3 rings (SSSR count). The van der Waals surface area contributed by atoms with Gasteiger partial charge < -0.3 is 16.0 Å². The lowest BCUT2D eigenvalue weighted by molar-refractivity contribution is 0.0923. The molecule has 1 saturated heterocycles. The predicted molar refractivity (Wildman–Crippen MR) is 79.4 cm³/mol. The average Bonchev–Trinajstić information content (AvgIpc) is 2.89. The zero-order valence-corrected chi connectivity index (χ0v) is 12.1. The maximum Gasteiger partial charge on any atom is 0.272 e. The number of carbonyl (C=O) groups is 2. The maximum absolute atomic E-state index is 12.0. The number of rotatable bonds is 4. The first-order valence-electron chi connectivity index (χ1n) is 6.84. The SMILES string of the molecule is Cn1ccc(C(=O)NC2CN(c3ccnc(C(N)=O)c3)C2)n1. The zero-order chi connectivity index (χ0) is 15.7. The van der Waals surface area contributed by atoms with Crippen molar-refractivity contribution < 1.29 is 9.59 Å². The molecule has 0 aliphatic carbocycles. The van der Waals surface area contributed by atoms with Crippen molar-refractivity contribution in [3.05, 3.63) is 42.0 Å². The summed E-state index contributed by atoms with van der Waals surface area (Å²) in [5, 5.41) is 6.98. The van der Waals surface area contributed by atoms with Crippen LogP contribution < -0.4 is 16.0 Å². The van der Waals surface area contributed by atoms with E-state index in [2.05, 4.69) is 15.4 Å². The van der Waals surface area contributed by atoms with Crippen molar-refractivity contribution in [1.82, 2.24) is 20.1 Å². The molecular formula is C14H16N6O2. The highest BCUT2D eigenvalue weighted by Crippen LogP contribution is 2.21. The molecule has 8 nitrogen and oxygen atoms in total. The van der Waals surface area contributed by atoms with E-state index in [-0.39, 0.29) is 17.6 Å². The minimum Gasteiger partial charge on any atom is -0.367 e. The Labute approximate surface area is 126 Å². The molecule has 0 bridgehead atoms. The molecular weight excluding hydrogens is 284 g/mol. The van der Waals surface area contributed by atoms with E-state index in [0.29, 0.717) is 18.8 Å². The molecule has 1 aliphatic rings. The van der Waals surface area contributed by atoms with Gasteiger partial charge in [-0.2, -0.15) is 5.10 Å². The summed E-state index contributed by atoms with van der Waals surface area (Å²) in [5.74, 6) is -0.736. The van der Waals surface area contributed by atoms with Crippen LogP contribution in [0.15, 0.2) is 30.6 Å². The number of aryl methyl sites for hydroxylation is 1. The Morgan fingerprint density at radius 1 is 1.32 bits per heavy atom. The van der Waals surface area contributed by atoms with Gasteiger partial charge in [-0.1, -0.05) is 0 Å². The van der Waals surface area contributed by atoms with Crippen LogP contribution in [-0.4, -0.2) is 45.7 Å². The fourth-order valence-electron chi connectivity index (χ4n) is 2.33. The Hall–Kier alpha value is -2.90. The van der Waals surface area contributed by atoms with E-state index in [0.717, 1.165) is 5.69 Å². The first-order chi connectivity index (χ1) is 10.5. The Bertz CT molecular complexity index is 720. The molecule has 0 spiro atoms. The summed E-state index contributed by atoms with van der Waals surface area (Å²) in [7, 11) is 1.77. The molecule has 2 aromatic heterocycles. The number of aromatic nitrogens is 3. The van der Waals surface area contributed by atoms with Crippen LogP contribution in [0.5, 0.6) is 0 Å². The lowest BCUT2D eigenvalue weighted by Gasteiger charge is -2.41. The minimum atomic E-state index is -0.553. The lowest BCUT2D eigenvalue weighted by Crippen LogP contribution is -2.59. The third-order valence-electron chi connectivity index (χ3n) is 3.52. The van der Waals surface area contributed by atoms with E-state index in [9.17, 15) is 9.59 Å². The van der Waals surface area contributed by atoms with Gasteiger partial charge in [-0.05, 0) is 18.2 Å². The smallest absolute Gasteiger partial charge is 0.272 e. The number of nitrogens with zero attached hydrogens (tertiary/aromatic N) is 4. The number of hydrogen-bond acceptors (Lipinski definition) is 5. The molecule has 2 amide bonds. The van der Waals surface area contributed by atoms with Crippen molar-refractivity contribution in [2.45, 2.75) is 6.04 Å². The van der Waals surface area contributed by atoms with Gasteiger partial charge in [-0.3, -0.25) is 19.3 Å². The summed E-state index contributed by atoms with van der Waals surface area (Å²) < 4.78 is 1.59. The topological polar surface area (TPSA) is 106 Å². The van der Waals surface area contributed by atoms with Crippen molar-refractivity contribution >= 4 is 17.5 Å². The van der Waals surface area contributed by atoms with Crippen LogP contribution in [0.4, 0.5) is 5.69 Å². The fraction of sp³-hybridized carbons (Fsp3) is 0.286. The highest BCUT2D eigenvalue weighted by Gasteiger charge is 2.29. The normalized spacial score (nSPS) is 14.5. The molecule has 0 unspecified atom stereocenters. The highest BCUT2D eigenvalue weighted by molar-refractivity contribution is 5.93. The first kappa shape index (κ1) is 14.1. The van der Waals surface area contributed by atoms with Crippen LogP contribution in [-0.2, 0) is 7.05 Å². The molecule has 0 radical (unpaired) electrons. The Balaban J connectivity index is 1.57. The second-order valence-corrected chi connectivity index (χ2v) is 5.21. The van der Waals surface area contributed by atoms with Crippen LogP contribution in [0.2, 0.25) is 0 Å². The average molecular weight is 300 g/mol. The molecule has 8 heteroatoms. The first-order valence-corrected chi connectivity index (χ1v) is 6.84. The monoisotopic (exact) mass is 300 g/mol. The van der Waals surface area contributed by atoms with Gasteiger partial charge in [0.05, 0.1) is 6.04 Å². The Morgan fingerprint density at radius 3 is 2.73 bits per heavy atom. The molecule has 22 heavy (non-hydrogen) atoms. The van der Waals surface area contributed by atoms with Gasteiger partial charge in [-0.15, -0.1) is 0 Å². The van der Waals surface area contributed by atoms with E-state index < -0.39 is 5.91 Å². The van der Waals surface area contributed by atoms with Crippen LogP contribution in [0.25, 0.3) is 0 Å². The Kier molecular flexibility index (Phi) is 3.50. The summed E-state index contributed by atoms with van der Waals surface area (Å²) >= 11 is 0. The van der Waals surface area contributed by atoms with E-state index in [4.69, 9.17) is 5.73 Å². The number of hydrogen-bond donors (Lipinski definition) is 2. The van der Waals surface area contributed by atoms with Crippen molar-refractivity contribution in [3.63, 3.8) is 0 Å². The zero-order valence-electron chi connectivity index (χ0n) is 12.1. The number of nitrogens with two attached hydrogens (primary N) is 1. The maximum atomic E-state index is 12.0. The van der Waals surface area contributed by atoms with E-state index in [1.807, 2.05) is 11.0 Å². The molecule has 3 N–H and O–H groups in total. The van der Waals surface area contributed by atoms with Crippen LogP contribution >= 0.6 is 0 Å². The summed E-state index contributed by atoms with van der Waals surface area (Å²) in [5.41, 5.74) is 6.72. The quantitative estimate of drug-likeness (QED) is 0.794. The van der Waals surface area contributed by atoms with Gasteiger partial charge in [0.1, 0.15) is 11.4 Å². The third kappa shape index (κ3) is 2.76. The molecule has 0 saturated carbocycles. The van der Waals surface area contributed by atoms with Crippen molar-refractivity contribution in [2.75, 3.05) is 18.0 Å². The van der Waals surface area contributed by atoms with E-state index in [1.165, 1.54) is 0 Å². The fourth-order valence-corrected chi connectivity index (χ4v) is 2.33. The summed E-state index contributed by atoms with van der Waals surface area (Å²) in [6, 6.07) is 5.19. The van der Waals surface area contributed by atoms with Crippen LogP contribution in [0.3, 0.4) is 0 Å². The summed E-state index contributed by atoms with van der Waals surface area (Å²) in [6.45, 7) is 1.33. The highest BCUT2D eigenvalue weighted by atomic mass is 16.2. The van der Waals surface area contributed by atoms with E-state index >= 15 is 0 Å². The molecule has 0 atom stereocenters. The third-order valence-corrected chi connectivity index (χ3v) is 3.52. The van der Waals surface area contributed by atoms with E-state index in [1.54, 1.807) is 36.3 Å². The predicted octanol–water partition coefficient (Wildman–Crippen LogP) is -0.467. The Morgan fingerprint density at radius 2 is 2.09 bits per heavy atom. The summed E-state index contributed by atoms with van der Waals surface area (Å²) in [6.07, 6.45) is 3.28. The summed E-state index contributed by atoms with van der Waals surface area (Å²) in [4.78, 5) is 29.0. The molecule has 114 valence electrons. The van der Waals surface area contributed by atoms with Crippen LogP contribution in [0.1, 0.15) is 21.0 Å². The number of amides is 2. The molecule has 0 aromatic carbocycles. The number of carbonyl (C=O) groups excluding carboxylic acids is 2. The standard InChI is InChI=1S/C14H16N6O2/c1-19-5-3-11(18-19)14(22)17-9-7-20(8-9)10-2-4-16-12(6-10)13(15)21/h2-6,9H,7-8H2,1H3,(H2,15,21)(H,17,22). The van der Waals surface area contributed by atoms with Gasteiger partial charge >= 0.3 is 0 Å². The number of primary amides is 1. The van der Waals surface area contributed by atoms with Crippen molar-refractivity contribution in [3.8, 4) is 0 Å². The van der Waals surface area contributed by atoms with Gasteiger partial charge in [0, 0.05) is 38.2 Å². The lowest BCUT2D eigenvalue weighted by atomic mass is 10.1. The van der Waals surface area contributed by atoms with Crippen LogP contribution in [0, 0.1) is 0 Å². The molecule has 3 heterocycles. The number of nitrogens with one attached hydrogen (secondary N) is 1. The van der Waals surface area contributed by atoms with Gasteiger partial charge in [-0.25, -0.2) is 0 Å². The minimum absolute atomic E-state index is 0.0553. The number of anilines is 1. The molecule has 2 aromatic rings. The number of pyridine rings is 1. The second kappa shape index (κ2) is 5.47. The van der Waals surface area contributed by atoms with Gasteiger partial charge in [0.2, 0.25) is 0 Å². The molecule has 1 aliphatic heterocycles. The van der Waals surface area contributed by atoms with Gasteiger partial charge in [0.25, 0.3) is 11.8 Å². The largest absolute Gasteiger partial charge is 0.367 e. The van der Waals surface area contributed by atoms with Crippen molar-refractivity contribution in [2.24, 2.45) is 12.8 Å². The van der Waals surface area contributed by atoms with Crippen molar-refractivity contribution in [1.29, 1.82) is 0 Å². The van der Waals surface area contributed by atoms with Gasteiger partial charge in [0.15, 0.2) is 0 Å².